The molecular weight excluding hydrogens is 592 g/mol. The Morgan fingerprint density at radius 1 is 1.14 bits per heavy atom. The lowest BCUT2D eigenvalue weighted by atomic mass is 10.2. The summed E-state index contributed by atoms with van der Waals surface area (Å²) in [6, 6.07) is 19.8. The Morgan fingerprint density at radius 3 is 2.78 bits per heavy atom. The number of para-hydroxylation sites is 1. The maximum absolute atomic E-state index is 13.5. The van der Waals surface area contributed by atoms with E-state index in [4.69, 9.17) is 24.1 Å². The van der Waals surface area contributed by atoms with Gasteiger partial charge in [-0.1, -0.05) is 28.1 Å². The van der Waals surface area contributed by atoms with Crippen LogP contribution in [0, 0.1) is 11.3 Å². The Labute approximate surface area is 221 Å². The fraction of sp³-hybridized carbons (Fsp3) is 0.0769. The molecule has 0 unspecified atom stereocenters. The summed E-state index contributed by atoms with van der Waals surface area (Å²) in [6.45, 7) is -0.119. The SMILES string of the molecule is COc1cc(C=Nn2c(-c3cc4cc(Br)ccc4o3)nc3ccccc3c2=O)c(Br)cc1OCC#N. The summed E-state index contributed by atoms with van der Waals surface area (Å²) in [5, 5.41) is 14.6. The average Bonchev–Trinajstić information content (AvgIpc) is 3.30. The Kier molecular flexibility index (Phi) is 6.59. The molecule has 0 aliphatic heterocycles. The molecule has 0 atom stereocenters. The van der Waals surface area contributed by atoms with E-state index in [1.165, 1.54) is 18.0 Å². The lowest BCUT2D eigenvalue weighted by Gasteiger charge is -2.11. The highest BCUT2D eigenvalue weighted by atomic mass is 79.9. The second-order valence-corrected chi connectivity index (χ2v) is 9.35. The quantitative estimate of drug-likeness (QED) is 0.215. The van der Waals surface area contributed by atoms with Crippen LogP contribution in [0.3, 0.4) is 0 Å². The monoisotopic (exact) mass is 606 g/mol. The molecule has 2 aromatic heterocycles. The molecule has 0 aliphatic carbocycles. The van der Waals surface area contributed by atoms with Gasteiger partial charge in [-0.2, -0.15) is 15.0 Å². The van der Waals surface area contributed by atoms with Gasteiger partial charge in [0, 0.05) is 19.9 Å². The van der Waals surface area contributed by atoms with Gasteiger partial charge in [0.05, 0.1) is 24.2 Å². The van der Waals surface area contributed by atoms with E-state index in [1.807, 2.05) is 36.4 Å². The summed E-state index contributed by atoms with van der Waals surface area (Å²) in [6.07, 6.45) is 1.52. The third-order valence-electron chi connectivity index (χ3n) is 5.34. The number of furan rings is 1. The summed E-state index contributed by atoms with van der Waals surface area (Å²) in [4.78, 5) is 18.2. The van der Waals surface area contributed by atoms with Crippen molar-refractivity contribution in [2.75, 3.05) is 13.7 Å². The van der Waals surface area contributed by atoms with E-state index in [0.717, 1.165) is 9.86 Å². The van der Waals surface area contributed by atoms with Crippen molar-refractivity contribution in [2.24, 2.45) is 5.10 Å². The van der Waals surface area contributed by atoms with Crippen LogP contribution in [0.1, 0.15) is 5.56 Å². The highest BCUT2D eigenvalue weighted by Crippen LogP contribution is 2.33. The first-order valence-corrected chi connectivity index (χ1v) is 12.2. The minimum atomic E-state index is -0.342. The van der Waals surface area contributed by atoms with E-state index >= 15 is 0 Å². The molecule has 0 N–H and O–H groups in total. The van der Waals surface area contributed by atoms with Crippen LogP contribution in [0.15, 0.2) is 83.9 Å². The number of nitriles is 1. The fourth-order valence-corrected chi connectivity index (χ4v) is 4.47. The third kappa shape index (κ3) is 4.51. The van der Waals surface area contributed by atoms with Crippen LogP contribution in [0.5, 0.6) is 11.5 Å². The summed E-state index contributed by atoms with van der Waals surface area (Å²) in [5.41, 5.74) is 1.47. The Hall–Kier alpha value is -3.94. The van der Waals surface area contributed by atoms with Gasteiger partial charge in [0.2, 0.25) is 5.82 Å². The van der Waals surface area contributed by atoms with Crippen molar-refractivity contribution >= 4 is 59.9 Å². The molecule has 178 valence electrons. The van der Waals surface area contributed by atoms with E-state index in [1.54, 1.807) is 30.3 Å². The summed E-state index contributed by atoms with van der Waals surface area (Å²) >= 11 is 6.96. The number of halogens is 2. The number of rotatable bonds is 6. The molecule has 3 aromatic carbocycles. The number of nitrogens with zero attached hydrogens (tertiary/aromatic N) is 4. The molecule has 2 heterocycles. The zero-order chi connectivity index (χ0) is 25.2. The van der Waals surface area contributed by atoms with Gasteiger partial charge in [0.15, 0.2) is 23.9 Å². The predicted octanol–water partition coefficient (Wildman–Crippen LogP) is 6.13. The van der Waals surface area contributed by atoms with Gasteiger partial charge in [-0.05, 0) is 64.5 Å². The van der Waals surface area contributed by atoms with Gasteiger partial charge in [-0.25, -0.2) is 4.98 Å². The Morgan fingerprint density at radius 2 is 1.97 bits per heavy atom. The van der Waals surface area contributed by atoms with Crippen molar-refractivity contribution in [3.8, 4) is 29.2 Å². The number of methoxy groups -OCH3 is 1. The maximum Gasteiger partial charge on any atom is 0.282 e. The smallest absolute Gasteiger partial charge is 0.282 e. The highest BCUT2D eigenvalue weighted by Gasteiger charge is 2.17. The van der Waals surface area contributed by atoms with Gasteiger partial charge < -0.3 is 13.9 Å². The van der Waals surface area contributed by atoms with E-state index < -0.39 is 0 Å². The lowest BCUT2D eigenvalue weighted by Crippen LogP contribution is -2.20. The summed E-state index contributed by atoms with van der Waals surface area (Å²) in [5.74, 6) is 1.49. The van der Waals surface area contributed by atoms with Crippen molar-refractivity contribution < 1.29 is 13.9 Å². The molecule has 0 saturated carbocycles. The summed E-state index contributed by atoms with van der Waals surface area (Å²) < 4.78 is 19.6. The van der Waals surface area contributed by atoms with E-state index in [2.05, 4.69) is 37.0 Å². The van der Waals surface area contributed by atoms with Gasteiger partial charge >= 0.3 is 0 Å². The van der Waals surface area contributed by atoms with Gasteiger partial charge in [-0.3, -0.25) is 4.79 Å². The zero-order valence-electron chi connectivity index (χ0n) is 18.7. The van der Waals surface area contributed by atoms with Crippen LogP contribution in [-0.2, 0) is 0 Å². The summed E-state index contributed by atoms with van der Waals surface area (Å²) in [7, 11) is 1.50. The Balaban J connectivity index is 1.67. The molecule has 0 spiro atoms. The first kappa shape index (κ1) is 23.8. The van der Waals surface area contributed by atoms with Crippen LogP contribution in [0.4, 0.5) is 0 Å². The number of benzene rings is 3. The second kappa shape index (κ2) is 9.97. The van der Waals surface area contributed by atoms with Gasteiger partial charge in [0.25, 0.3) is 5.56 Å². The van der Waals surface area contributed by atoms with Crippen molar-refractivity contribution in [3.63, 3.8) is 0 Å². The van der Waals surface area contributed by atoms with Crippen LogP contribution in [-0.4, -0.2) is 29.6 Å². The lowest BCUT2D eigenvalue weighted by molar-refractivity contribution is 0.329. The van der Waals surface area contributed by atoms with E-state index in [9.17, 15) is 4.79 Å². The van der Waals surface area contributed by atoms with Gasteiger partial charge in [-0.15, -0.1) is 0 Å². The predicted molar refractivity (Wildman–Crippen MR) is 144 cm³/mol. The van der Waals surface area contributed by atoms with Gasteiger partial charge in [0.1, 0.15) is 11.7 Å². The molecule has 5 aromatic rings. The number of ether oxygens (including phenoxy) is 2. The minimum absolute atomic E-state index is 0.119. The average molecular weight is 608 g/mol. The number of hydrogen-bond donors (Lipinski definition) is 0. The topological polar surface area (TPSA) is 103 Å². The zero-order valence-corrected chi connectivity index (χ0v) is 21.9. The van der Waals surface area contributed by atoms with Crippen LogP contribution in [0.25, 0.3) is 33.5 Å². The molecule has 0 amide bonds. The molecule has 0 aliphatic rings. The fourth-order valence-electron chi connectivity index (χ4n) is 3.67. The van der Waals surface area contributed by atoms with Crippen LogP contribution < -0.4 is 15.0 Å². The van der Waals surface area contributed by atoms with Crippen molar-refractivity contribution in [2.45, 2.75) is 0 Å². The number of fused-ring (bicyclic) bond motifs is 2. The normalized spacial score (nSPS) is 11.3. The third-order valence-corrected chi connectivity index (χ3v) is 6.52. The maximum atomic E-state index is 13.5. The molecule has 0 bridgehead atoms. The van der Waals surface area contributed by atoms with E-state index in [-0.39, 0.29) is 18.0 Å². The molecule has 0 saturated heterocycles. The number of hydrogen-bond acceptors (Lipinski definition) is 7. The van der Waals surface area contributed by atoms with Crippen LogP contribution >= 0.6 is 31.9 Å². The van der Waals surface area contributed by atoms with Crippen LogP contribution in [0.2, 0.25) is 0 Å². The van der Waals surface area contributed by atoms with Crippen molar-refractivity contribution in [1.82, 2.24) is 9.66 Å². The van der Waals surface area contributed by atoms with E-state index in [0.29, 0.717) is 43.8 Å². The molecule has 8 nitrogen and oxygen atoms in total. The first-order valence-electron chi connectivity index (χ1n) is 10.6. The molecule has 36 heavy (non-hydrogen) atoms. The second-order valence-electron chi connectivity index (χ2n) is 7.58. The number of aromatic nitrogens is 2. The molecular formula is C26H16Br2N4O4. The highest BCUT2D eigenvalue weighted by molar-refractivity contribution is 9.10. The molecule has 5 rings (SSSR count). The first-order chi connectivity index (χ1) is 17.5. The molecule has 10 heteroatoms. The minimum Gasteiger partial charge on any atom is -0.493 e. The van der Waals surface area contributed by atoms with Crippen molar-refractivity contribution in [3.05, 3.63) is 85.5 Å². The molecule has 0 radical (unpaired) electrons. The van der Waals surface area contributed by atoms with Crippen molar-refractivity contribution in [1.29, 1.82) is 5.26 Å². The standard InChI is InChI=1S/C26H16Br2N4O4/c1-34-22-12-16(19(28)13-23(22)35-9-8-29)14-30-32-25(31-20-5-3-2-4-18(20)26(32)33)24-11-15-10-17(27)6-7-21(15)36-24/h2-7,10-14H,9H2,1H3. The Bertz CT molecular complexity index is 1750. The molecule has 0 fully saturated rings. The largest absolute Gasteiger partial charge is 0.493 e.